The molecule has 0 aliphatic rings. The van der Waals surface area contributed by atoms with Gasteiger partial charge in [-0.1, -0.05) is 37.6 Å². The van der Waals surface area contributed by atoms with Crippen LogP contribution in [0.15, 0.2) is 54.9 Å². The van der Waals surface area contributed by atoms with Crippen LogP contribution < -0.4 is 16.0 Å². The number of unbranched alkanes of at least 4 members (excludes halogenated alkanes) is 1. The molecule has 1 heterocycles. The largest absolute Gasteiger partial charge is 0.393 e. The van der Waals surface area contributed by atoms with Crippen LogP contribution in [0.5, 0.6) is 0 Å². The number of aryl methyl sites for hydroxylation is 2. The highest BCUT2D eigenvalue weighted by atomic mass is 15.2. The van der Waals surface area contributed by atoms with Crippen molar-refractivity contribution in [2.45, 2.75) is 40.0 Å². The van der Waals surface area contributed by atoms with Crippen LogP contribution in [0.3, 0.4) is 0 Å². The molecule has 0 saturated carbocycles. The molecule has 146 valence electrons. The second kappa shape index (κ2) is 9.22. The molecule has 0 aliphatic heterocycles. The topological polar surface area (TPSA) is 67.1 Å². The Morgan fingerprint density at radius 3 is 2.50 bits per heavy atom. The van der Waals surface area contributed by atoms with Crippen molar-refractivity contribution in [3.8, 4) is 0 Å². The summed E-state index contributed by atoms with van der Waals surface area (Å²) in [6.45, 7) is 7.14. The third kappa shape index (κ3) is 4.60. The molecule has 3 rings (SSSR count). The second-order valence-corrected chi connectivity index (χ2v) is 6.97. The van der Waals surface area contributed by atoms with E-state index in [0.29, 0.717) is 17.3 Å². The van der Waals surface area contributed by atoms with Crippen molar-refractivity contribution in [3.05, 3.63) is 66.0 Å². The normalized spacial score (nSPS) is 10.7. The van der Waals surface area contributed by atoms with Gasteiger partial charge in [-0.3, -0.25) is 0 Å². The number of hydrogen-bond acceptors (Lipinski definition) is 5. The Morgan fingerprint density at radius 1 is 1.04 bits per heavy atom. The maximum atomic E-state index is 6.45. The predicted octanol–water partition coefficient (Wildman–Crippen LogP) is 5.61. The van der Waals surface area contributed by atoms with Gasteiger partial charge in [-0.2, -0.15) is 0 Å². The van der Waals surface area contributed by atoms with Crippen LogP contribution in [0, 0.1) is 6.92 Å². The summed E-state index contributed by atoms with van der Waals surface area (Å²) in [7, 11) is 0. The van der Waals surface area contributed by atoms with E-state index in [0.717, 1.165) is 24.3 Å². The van der Waals surface area contributed by atoms with Gasteiger partial charge in [0.05, 0.1) is 0 Å². The van der Waals surface area contributed by atoms with Gasteiger partial charge in [-0.25, -0.2) is 9.97 Å². The van der Waals surface area contributed by atoms with Crippen molar-refractivity contribution < 1.29 is 0 Å². The average molecular weight is 376 g/mol. The van der Waals surface area contributed by atoms with Crippen molar-refractivity contribution in [2.24, 2.45) is 0 Å². The Morgan fingerprint density at radius 2 is 1.82 bits per heavy atom. The molecule has 5 heteroatoms. The first-order valence-corrected chi connectivity index (χ1v) is 9.93. The molecular weight excluding hydrogens is 346 g/mol. The molecule has 2 aromatic carbocycles. The van der Waals surface area contributed by atoms with Crippen LogP contribution >= 0.6 is 0 Å². The minimum absolute atomic E-state index is 0.543. The van der Waals surface area contributed by atoms with E-state index >= 15 is 0 Å². The summed E-state index contributed by atoms with van der Waals surface area (Å²) in [5, 5.41) is 3.33. The van der Waals surface area contributed by atoms with Crippen molar-refractivity contribution in [3.63, 3.8) is 0 Å². The van der Waals surface area contributed by atoms with E-state index < -0.39 is 0 Å². The van der Waals surface area contributed by atoms with E-state index in [1.807, 2.05) is 6.07 Å². The summed E-state index contributed by atoms with van der Waals surface area (Å²) in [5.41, 5.74) is 11.6. The fourth-order valence-corrected chi connectivity index (χ4v) is 3.22. The minimum Gasteiger partial charge on any atom is -0.393 e. The van der Waals surface area contributed by atoms with Crippen molar-refractivity contribution >= 4 is 28.7 Å². The lowest BCUT2D eigenvalue weighted by Crippen LogP contribution is -2.20. The fourth-order valence-electron chi connectivity index (χ4n) is 3.22. The smallest absolute Gasteiger partial charge is 0.161 e. The number of benzene rings is 2. The van der Waals surface area contributed by atoms with E-state index in [1.54, 1.807) is 6.33 Å². The molecule has 0 unspecified atom stereocenters. The van der Waals surface area contributed by atoms with Crippen LogP contribution in [-0.2, 0) is 6.42 Å². The molecule has 0 bridgehead atoms. The van der Waals surface area contributed by atoms with Crippen LogP contribution in [0.1, 0.15) is 37.8 Å². The number of anilines is 5. The van der Waals surface area contributed by atoms with E-state index in [1.165, 1.54) is 24.0 Å². The molecule has 0 fully saturated rings. The average Bonchev–Trinajstić information content (AvgIpc) is 2.71. The van der Waals surface area contributed by atoms with Gasteiger partial charge in [0.25, 0.3) is 0 Å². The number of nitrogens with two attached hydrogens (primary N) is 1. The molecule has 1 aromatic heterocycles. The van der Waals surface area contributed by atoms with Crippen LogP contribution in [-0.4, -0.2) is 16.5 Å². The Hall–Kier alpha value is -3.08. The summed E-state index contributed by atoms with van der Waals surface area (Å²) in [6, 6.07) is 16.8. The molecule has 0 radical (unpaired) electrons. The van der Waals surface area contributed by atoms with Gasteiger partial charge >= 0.3 is 0 Å². The van der Waals surface area contributed by atoms with Gasteiger partial charge < -0.3 is 16.0 Å². The SMILES string of the molecule is CCCCc1ccc(Nc2ncnc(N(CC)c3cccc(C)c3)c2N)cc1. The Balaban J connectivity index is 1.84. The van der Waals surface area contributed by atoms with Gasteiger partial charge in [0.15, 0.2) is 11.6 Å². The zero-order valence-corrected chi connectivity index (χ0v) is 16.9. The lowest BCUT2D eigenvalue weighted by atomic mass is 10.1. The molecule has 3 N–H and O–H groups in total. The minimum atomic E-state index is 0.543. The van der Waals surface area contributed by atoms with Gasteiger partial charge in [0.1, 0.15) is 12.0 Å². The molecule has 0 amide bonds. The van der Waals surface area contributed by atoms with E-state index in [2.05, 4.69) is 83.4 Å². The van der Waals surface area contributed by atoms with E-state index in [-0.39, 0.29) is 0 Å². The fraction of sp³-hybridized carbons (Fsp3) is 0.304. The lowest BCUT2D eigenvalue weighted by Gasteiger charge is -2.24. The van der Waals surface area contributed by atoms with Crippen molar-refractivity contribution in [1.82, 2.24) is 9.97 Å². The Kier molecular flexibility index (Phi) is 6.48. The molecule has 0 aliphatic carbocycles. The molecule has 5 nitrogen and oxygen atoms in total. The van der Waals surface area contributed by atoms with E-state index in [9.17, 15) is 0 Å². The molecule has 0 atom stereocenters. The third-order valence-electron chi connectivity index (χ3n) is 4.78. The van der Waals surface area contributed by atoms with Gasteiger partial charge in [0.2, 0.25) is 0 Å². The third-order valence-corrected chi connectivity index (χ3v) is 4.78. The maximum absolute atomic E-state index is 6.45. The predicted molar refractivity (Wildman–Crippen MR) is 119 cm³/mol. The quantitative estimate of drug-likeness (QED) is 0.535. The van der Waals surface area contributed by atoms with Gasteiger partial charge in [0, 0.05) is 17.9 Å². The van der Waals surface area contributed by atoms with Crippen LogP contribution in [0.4, 0.5) is 28.7 Å². The first-order chi connectivity index (χ1) is 13.6. The van der Waals surface area contributed by atoms with Crippen molar-refractivity contribution in [2.75, 3.05) is 22.5 Å². The van der Waals surface area contributed by atoms with Gasteiger partial charge in [-0.15, -0.1) is 0 Å². The Labute approximate surface area is 167 Å². The highest BCUT2D eigenvalue weighted by Crippen LogP contribution is 2.33. The molecule has 28 heavy (non-hydrogen) atoms. The summed E-state index contributed by atoms with van der Waals surface area (Å²) in [6.07, 6.45) is 5.08. The number of nitrogen functional groups attached to an aromatic ring is 1. The summed E-state index contributed by atoms with van der Waals surface area (Å²) in [5.74, 6) is 1.34. The first kappa shape index (κ1) is 19.7. The second-order valence-electron chi connectivity index (χ2n) is 6.97. The standard InChI is InChI=1S/C23H29N5/c1-4-6-9-18-11-13-19(14-12-18)27-22-21(24)23(26-16-25-22)28(5-2)20-10-7-8-17(3)15-20/h7-8,10-16H,4-6,9,24H2,1-3H3,(H,25,26,27). The summed E-state index contributed by atoms with van der Waals surface area (Å²) in [4.78, 5) is 10.9. The first-order valence-electron chi connectivity index (χ1n) is 9.93. The molecule has 3 aromatic rings. The molecule has 0 spiro atoms. The monoisotopic (exact) mass is 375 g/mol. The van der Waals surface area contributed by atoms with E-state index in [4.69, 9.17) is 5.73 Å². The Bertz CT molecular complexity index is 905. The number of hydrogen-bond donors (Lipinski definition) is 2. The zero-order chi connectivity index (χ0) is 19.9. The number of nitrogens with zero attached hydrogens (tertiary/aromatic N) is 3. The number of aromatic nitrogens is 2. The number of nitrogens with one attached hydrogen (secondary N) is 1. The maximum Gasteiger partial charge on any atom is 0.161 e. The van der Waals surface area contributed by atoms with Crippen molar-refractivity contribution in [1.29, 1.82) is 0 Å². The summed E-state index contributed by atoms with van der Waals surface area (Å²) < 4.78 is 0. The lowest BCUT2D eigenvalue weighted by molar-refractivity contribution is 0.795. The van der Waals surface area contributed by atoms with Crippen LogP contribution in [0.2, 0.25) is 0 Å². The number of rotatable bonds is 8. The molecule has 0 saturated heterocycles. The summed E-state index contributed by atoms with van der Waals surface area (Å²) >= 11 is 0. The van der Waals surface area contributed by atoms with Crippen LogP contribution in [0.25, 0.3) is 0 Å². The highest BCUT2D eigenvalue weighted by molar-refractivity contribution is 5.81. The zero-order valence-electron chi connectivity index (χ0n) is 16.9. The van der Waals surface area contributed by atoms with Gasteiger partial charge in [-0.05, 0) is 62.1 Å². The molecular formula is C23H29N5. The highest BCUT2D eigenvalue weighted by Gasteiger charge is 2.16.